The number of hydrogen-bond acceptors (Lipinski definition) is 3. The van der Waals surface area contributed by atoms with E-state index in [0.717, 1.165) is 27.6 Å². The highest BCUT2D eigenvalue weighted by atomic mass is 79.9. The summed E-state index contributed by atoms with van der Waals surface area (Å²) >= 11 is 3.40. The van der Waals surface area contributed by atoms with Gasteiger partial charge in [0.05, 0.1) is 6.20 Å². The van der Waals surface area contributed by atoms with Crippen molar-refractivity contribution < 1.29 is 9.84 Å². The van der Waals surface area contributed by atoms with Crippen LogP contribution in [0.25, 0.3) is 10.8 Å². The van der Waals surface area contributed by atoms with Crippen molar-refractivity contribution in [1.82, 2.24) is 4.98 Å². The summed E-state index contributed by atoms with van der Waals surface area (Å²) in [5.41, 5.74) is 2.17. The molecule has 0 fully saturated rings. The predicted molar refractivity (Wildman–Crippen MR) is 87.1 cm³/mol. The van der Waals surface area contributed by atoms with Gasteiger partial charge in [0, 0.05) is 10.8 Å². The van der Waals surface area contributed by atoms with Gasteiger partial charge in [0.15, 0.2) is 0 Å². The van der Waals surface area contributed by atoms with E-state index in [1.54, 1.807) is 0 Å². The van der Waals surface area contributed by atoms with Crippen molar-refractivity contribution in [3.8, 4) is 17.2 Å². The van der Waals surface area contributed by atoms with Gasteiger partial charge < -0.3 is 9.84 Å². The molecule has 0 bridgehead atoms. The van der Waals surface area contributed by atoms with Crippen LogP contribution < -0.4 is 4.74 Å². The third-order valence-corrected chi connectivity index (χ3v) is 4.05. The maximum atomic E-state index is 9.84. The summed E-state index contributed by atoms with van der Waals surface area (Å²) < 4.78 is 6.70. The molecular weight excluding hydrogens is 330 g/mol. The molecule has 0 saturated heterocycles. The van der Waals surface area contributed by atoms with Crippen LogP contribution in [0.5, 0.6) is 17.2 Å². The molecule has 3 rings (SSSR count). The van der Waals surface area contributed by atoms with E-state index in [1.165, 1.54) is 6.20 Å². The molecule has 1 N–H and O–H groups in total. The minimum absolute atomic E-state index is 0.159. The molecule has 1 heterocycles. The first-order chi connectivity index (χ1) is 10.1. The number of aromatic nitrogens is 1. The van der Waals surface area contributed by atoms with E-state index >= 15 is 0 Å². The third kappa shape index (κ3) is 2.59. The largest absolute Gasteiger partial charge is 0.506 e. The molecule has 3 aromatic rings. The van der Waals surface area contributed by atoms with Crippen molar-refractivity contribution in [3.63, 3.8) is 0 Å². The molecule has 0 radical (unpaired) electrons. The van der Waals surface area contributed by atoms with Gasteiger partial charge in [-0.25, -0.2) is 4.98 Å². The Morgan fingerprint density at radius 3 is 2.48 bits per heavy atom. The Bertz CT molecular complexity index is 810. The van der Waals surface area contributed by atoms with E-state index in [1.807, 2.05) is 50.2 Å². The minimum Gasteiger partial charge on any atom is -0.506 e. The molecule has 106 valence electrons. The first-order valence-electron chi connectivity index (χ1n) is 6.57. The van der Waals surface area contributed by atoms with Gasteiger partial charge in [-0.05, 0) is 59.1 Å². The second-order valence-electron chi connectivity index (χ2n) is 4.96. The van der Waals surface area contributed by atoms with Crippen molar-refractivity contribution in [2.24, 2.45) is 0 Å². The van der Waals surface area contributed by atoms with E-state index in [-0.39, 0.29) is 5.75 Å². The summed E-state index contributed by atoms with van der Waals surface area (Å²) in [6.07, 6.45) is 1.43. The predicted octanol–water partition coefficient (Wildman–Crippen LogP) is 5.11. The molecule has 0 saturated carbocycles. The zero-order valence-electron chi connectivity index (χ0n) is 11.7. The van der Waals surface area contributed by atoms with Crippen LogP contribution in [0.15, 0.2) is 47.2 Å². The summed E-state index contributed by atoms with van der Waals surface area (Å²) in [5.74, 6) is 1.74. The molecule has 3 nitrogen and oxygen atoms in total. The lowest BCUT2D eigenvalue weighted by Crippen LogP contribution is -1.91. The number of rotatable bonds is 2. The van der Waals surface area contributed by atoms with E-state index < -0.39 is 0 Å². The fourth-order valence-electron chi connectivity index (χ4n) is 2.32. The van der Waals surface area contributed by atoms with Crippen molar-refractivity contribution >= 4 is 26.7 Å². The van der Waals surface area contributed by atoms with Crippen molar-refractivity contribution in [3.05, 3.63) is 58.3 Å². The lowest BCUT2D eigenvalue weighted by atomic mass is 10.1. The van der Waals surface area contributed by atoms with Gasteiger partial charge in [0.25, 0.3) is 0 Å². The van der Waals surface area contributed by atoms with Crippen LogP contribution in [0.2, 0.25) is 0 Å². The number of benzene rings is 2. The quantitative estimate of drug-likeness (QED) is 0.657. The van der Waals surface area contributed by atoms with Crippen LogP contribution in [-0.2, 0) is 0 Å². The Kier molecular flexibility index (Phi) is 3.55. The van der Waals surface area contributed by atoms with Crippen LogP contribution in [0.1, 0.15) is 11.1 Å². The SMILES string of the molecule is Cc1cccc(C)c1Oc1ccc2c(O)cnc(Br)c2c1. The highest BCUT2D eigenvalue weighted by Gasteiger charge is 2.09. The summed E-state index contributed by atoms with van der Waals surface area (Å²) in [6, 6.07) is 11.6. The standard InChI is InChI=1S/C17H14BrNO2/c1-10-4-3-5-11(2)16(10)21-12-6-7-13-14(8-12)17(18)19-9-15(13)20/h3-9,20H,1-2H3. The van der Waals surface area contributed by atoms with Crippen LogP contribution in [0, 0.1) is 13.8 Å². The summed E-state index contributed by atoms with van der Waals surface area (Å²) in [5, 5.41) is 11.4. The Hall–Kier alpha value is -2.07. The van der Waals surface area contributed by atoms with E-state index in [2.05, 4.69) is 20.9 Å². The Labute approximate surface area is 131 Å². The van der Waals surface area contributed by atoms with Gasteiger partial charge in [-0.3, -0.25) is 0 Å². The molecule has 21 heavy (non-hydrogen) atoms. The molecule has 0 aliphatic heterocycles. The Morgan fingerprint density at radius 1 is 1.05 bits per heavy atom. The van der Waals surface area contributed by atoms with Crippen LogP contribution in [-0.4, -0.2) is 10.1 Å². The Morgan fingerprint density at radius 2 is 1.76 bits per heavy atom. The fraction of sp³-hybridized carbons (Fsp3) is 0.118. The zero-order chi connectivity index (χ0) is 15.0. The van der Waals surface area contributed by atoms with Gasteiger partial charge in [0.2, 0.25) is 0 Å². The maximum absolute atomic E-state index is 9.84. The van der Waals surface area contributed by atoms with E-state index in [9.17, 15) is 5.11 Å². The number of aromatic hydroxyl groups is 1. The lowest BCUT2D eigenvalue weighted by molar-refractivity contribution is 0.474. The van der Waals surface area contributed by atoms with E-state index in [0.29, 0.717) is 10.4 Å². The number of para-hydroxylation sites is 1. The average Bonchev–Trinajstić information content (AvgIpc) is 2.47. The third-order valence-electron chi connectivity index (χ3n) is 3.42. The molecule has 0 aliphatic rings. The second-order valence-corrected chi connectivity index (χ2v) is 5.72. The molecule has 0 aliphatic carbocycles. The van der Waals surface area contributed by atoms with Crippen molar-refractivity contribution in [2.75, 3.05) is 0 Å². The van der Waals surface area contributed by atoms with E-state index in [4.69, 9.17) is 4.74 Å². The number of fused-ring (bicyclic) bond motifs is 1. The molecule has 2 aromatic carbocycles. The Balaban J connectivity index is 2.08. The number of aryl methyl sites for hydroxylation is 2. The molecule has 1 aromatic heterocycles. The highest BCUT2D eigenvalue weighted by Crippen LogP contribution is 2.34. The molecular formula is C17H14BrNO2. The van der Waals surface area contributed by atoms with Crippen molar-refractivity contribution in [2.45, 2.75) is 13.8 Å². The van der Waals surface area contributed by atoms with Gasteiger partial charge in [0.1, 0.15) is 21.9 Å². The molecule has 0 spiro atoms. The van der Waals surface area contributed by atoms with Crippen LogP contribution in [0.4, 0.5) is 0 Å². The maximum Gasteiger partial charge on any atom is 0.141 e. The second kappa shape index (κ2) is 5.37. The van der Waals surface area contributed by atoms with Crippen LogP contribution >= 0.6 is 15.9 Å². The number of hydrogen-bond donors (Lipinski definition) is 1. The summed E-state index contributed by atoms with van der Waals surface area (Å²) in [7, 11) is 0. The number of halogens is 1. The number of pyridine rings is 1. The zero-order valence-corrected chi connectivity index (χ0v) is 13.3. The fourth-order valence-corrected chi connectivity index (χ4v) is 2.75. The molecule has 0 atom stereocenters. The minimum atomic E-state index is 0.159. The van der Waals surface area contributed by atoms with Gasteiger partial charge in [-0.1, -0.05) is 18.2 Å². The summed E-state index contributed by atoms with van der Waals surface area (Å²) in [6.45, 7) is 4.04. The smallest absolute Gasteiger partial charge is 0.141 e. The van der Waals surface area contributed by atoms with Gasteiger partial charge in [-0.2, -0.15) is 0 Å². The molecule has 0 amide bonds. The lowest BCUT2D eigenvalue weighted by Gasteiger charge is -2.12. The normalized spacial score (nSPS) is 10.8. The summed E-state index contributed by atoms with van der Waals surface area (Å²) in [4.78, 5) is 4.10. The monoisotopic (exact) mass is 343 g/mol. The first-order valence-corrected chi connectivity index (χ1v) is 7.37. The first kappa shape index (κ1) is 13.9. The number of ether oxygens (including phenoxy) is 1. The average molecular weight is 344 g/mol. The molecule has 4 heteroatoms. The number of nitrogens with zero attached hydrogens (tertiary/aromatic N) is 1. The topological polar surface area (TPSA) is 42.4 Å². The van der Waals surface area contributed by atoms with Gasteiger partial charge in [-0.15, -0.1) is 0 Å². The van der Waals surface area contributed by atoms with Crippen LogP contribution in [0.3, 0.4) is 0 Å². The molecule has 0 unspecified atom stereocenters. The highest BCUT2D eigenvalue weighted by molar-refractivity contribution is 9.10. The van der Waals surface area contributed by atoms with Gasteiger partial charge >= 0.3 is 0 Å². The van der Waals surface area contributed by atoms with Crippen molar-refractivity contribution in [1.29, 1.82) is 0 Å².